The lowest BCUT2D eigenvalue weighted by Crippen LogP contribution is -2.47. The van der Waals surface area contributed by atoms with Crippen LogP contribution in [0.25, 0.3) is 0 Å². The van der Waals surface area contributed by atoms with Crippen molar-refractivity contribution in [1.29, 1.82) is 0 Å². The van der Waals surface area contributed by atoms with Gasteiger partial charge >= 0.3 is 0 Å². The van der Waals surface area contributed by atoms with Crippen LogP contribution in [-0.4, -0.2) is 23.8 Å². The van der Waals surface area contributed by atoms with Crippen molar-refractivity contribution >= 4 is 0 Å². The third kappa shape index (κ3) is 3.71. The van der Waals surface area contributed by atoms with Crippen molar-refractivity contribution in [1.82, 2.24) is 5.32 Å². The maximum Gasteiger partial charge on any atom is 0.0474 e. The molecule has 0 saturated heterocycles. The molecule has 0 radical (unpaired) electrons. The Morgan fingerprint density at radius 2 is 1.83 bits per heavy atom. The second kappa shape index (κ2) is 6.91. The van der Waals surface area contributed by atoms with Gasteiger partial charge in [0.05, 0.1) is 0 Å². The third-order valence-electron chi connectivity index (χ3n) is 5.25. The summed E-state index contributed by atoms with van der Waals surface area (Å²) in [6, 6.07) is 1.29. The van der Waals surface area contributed by atoms with Crippen LogP contribution in [0.1, 0.15) is 65.2 Å². The smallest absolute Gasteiger partial charge is 0.0474 e. The second-order valence-corrected chi connectivity index (χ2v) is 6.87. The minimum atomic E-state index is 0.373. The fraction of sp³-hybridized carbons (Fsp3) is 1.00. The van der Waals surface area contributed by atoms with Crippen molar-refractivity contribution in [2.24, 2.45) is 17.8 Å². The Labute approximate surface area is 113 Å². The summed E-state index contributed by atoms with van der Waals surface area (Å²) in [5.41, 5.74) is 0. The summed E-state index contributed by atoms with van der Waals surface area (Å²) in [6.45, 7) is 5.10. The molecule has 2 saturated carbocycles. The monoisotopic (exact) mass is 253 g/mol. The van der Waals surface area contributed by atoms with Crippen LogP contribution < -0.4 is 5.32 Å². The quantitative estimate of drug-likeness (QED) is 0.805. The predicted molar refractivity (Wildman–Crippen MR) is 76.6 cm³/mol. The fourth-order valence-electron chi connectivity index (χ4n) is 3.93. The second-order valence-electron chi connectivity index (χ2n) is 6.87. The zero-order valence-electron chi connectivity index (χ0n) is 12.2. The first-order chi connectivity index (χ1) is 8.70. The van der Waals surface area contributed by atoms with Crippen molar-refractivity contribution in [2.45, 2.75) is 77.3 Å². The average molecular weight is 253 g/mol. The van der Waals surface area contributed by atoms with Crippen LogP contribution in [0.2, 0.25) is 0 Å². The highest BCUT2D eigenvalue weighted by atomic mass is 16.3. The molecule has 2 aliphatic carbocycles. The summed E-state index contributed by atoms with van der Waals surface area (Å²) in [5, 5.41) is 13.4. The molecular weight excluding hydrogens is 222 g/mol. The van der Waals surface area contributed by atoms with Gasteiger partial charge in [-0.2, -0.15) is 0 Å². The minimum Gasteiger partial charge on any atom is -0.396 e. The summed E-state index contributed by atoms with van der Waals surface area (Å²) in [6.07, 6.45) is 10.6. The van der Waals surface area contributed by atoms with Gasteiger partial charge in [0.1, 0.15) is 0 Å². The van der Waals surface area contributed by atoms with Crippen LogP contribution in [0.4, 0.5) is 0 Å². The van der Waals surface area contributed by atoms with Gasteiger partial charge in [-0.1, -0.05) is 39.5 Å². The standard InChI is InChI=1S/C16H31NO/c1-12(2)13-7-5-8-15(10-13)17-16-9-4-3-6-14(16)11-18/h12-18H,3-11H2,1-2H3. The molecule has 4 atom stereocenters. The maximum atomic E-state index is 9.49. The summed E-state index contributed by atoms with van der Waals surface area (Å²) >= 11 is 0. The summed E-state index contributed by atoms with van der Waals surface area (Å²) < 4.78 is 0. The molecule has 0 aromatic carbocycles. The SMILES string of the molecule is CC(C)C1CCCC(NC2CCCCC2CO)C1. The van der Waals surface area contributed by atoms with Gasteiger partial charge in [-0.05, 0) is 43.4 Å². The number of rotatable bonds is 4. The van der Waals surface area contributed by atoms with Gasteiger partial charge in [-0.3, -0.25) is 0 Å². The highest BCUT2D eigenvalue weighted by molar-refractivity contribution is 4.87. The summed E-state index contributed by atoms with van der Waals surface area (Å²) in [4.78, 5) is 0. The van der Waals surface area contributed by atoms with Crippen LogP contribution in [0.3, 0.4) is 0 Å². The predicted octanol–water partition coefficient (Wildman–Crippen LogP) is 3.34. The zero-order chi connectivity index (χ0) is 13.0. The Morgan fingerprint density at radius 3 is 2.56 bits per heavy atom. The van der Waals surface area contributed by atoms with E-state index in [1.807, 2.05) is 0 Å². The summed E-state index contributed by atoms with van der Waals surface area (Å²) in [5.74, 6) is 2.25. The van der Waals surface area contributed by atoms with Gasteiger partial charge in [0.25, 0.3) is 0 Å². The van der Waals surface area contributed by atoms with Gasteiger partial charge in [0.2, 0.25) is 0 Å². The third-order valence-corrected chi connectivity index (χ3v) is 5.25. The topological polar surface area (TPSA) is 32.3 Å². The van der Waals surface area contributed by atoms with Gasteiger partial charge in [-0.25, -0.2) is 0 Å². The highest BCUT2D eigenvalue weighted by Gasteiger charge is 2.29. The molecular formula is C16H31NO. The molecule has 0 amide bonds. The highest BCUT2D eigenvalue weighted by Crippen LogP contribution is 2.32. The minimum absolute atomic E-state index is 0.373. The van der Waals surface area contributed by atoms with Gasteiger partial charge in [0.15, 0.2) is 0 Å². The van der Waals surface area contributed by atoms with E-state index in [-0.39, 0.29) is 0 Å². The van der Waals surface area contributed by atoms with E-state index in [1.165, 1.54) is 51.4 Å². The van der Waals surface area contributed by atoms with E-state index in [4.69, 9.17) is 0 Å². The van der Waals surface area contributed by atoms with Crippen LogP contribution >= 0.6 is 0 Å². The van der Waals surface area contributed by atoms with E-state index in [0.717, 1.165) is 11.8 Å². The molecule has 0 aromatic heterocycles. The number of hydrogen-bond acceptors (Lipinski definition) is 2. The normalized spacial score (nSPS) is 38.0. The fourth-order valence-corrected chi connectivity index (χ4v) is 3.93. The molecule has 0 spiro atoms. The average Bonchev–Trinajstić information content (AvgIpc) is 2.39. The van der Waals surface area contributed by atoms with Crippen molar-refractivity contribution in [3.8, 4) is 0 Å². The van der Waals surface area contributed by atoms with Crippen molar-refractivity contribution in [2.75, 3.05) is 6.61 Å². The molecule has 0 heterocycles. The molecule has 18 heavy (non-hydrogen) atoms. The first-order valence-corrected chi connectivity index (χ1v) is 8.07. The van der Waals surface area contributed by atoms with E-state index in [9.17, 15) is 5.11 Å². The van der Waals surface area contributed by atoms with E-state index >= 15 is 0 Å². The van der Waals surface area contributed by atoms with Crippen molar-refractivity contribution in [3.05, 3.63) is 0 Å². The molecule has 4 unspecified atom stereocenters. The van der Waals surface area contributed by atoms with Gasteiger partial charge in [-0.15, -0.1) is 0 Å². The lowest BCUT2D eigenvalue weighted by Gasteiger charge is -2.38. The zero-order valence-corrected chi connectivity index (χ0v) is 12.2. The largest absolute Gasteiger partial charge is 0.396 e. The summed E-state index contributed by atoms with van der Waals surface area (Å²) in [7, 11) is 0. The molecule has 2 heteroatoms. The van der Waals surface area contributed by atoms with Crippen molar-refractivity contribution in [3.63, 3.8) is 0 Å². The van der Waals surface area contributed by atoms with Crippen LogP contribution in [0.15, 0.2) is 0 Å². The van der Waals surface area contributed by atoms with E-state index in [2.05, 4.69) is 19.2 Å². The van der Waals surface area contributed by atoms with Crippen LogP contribution in [-0.2, 0) is 0 Å². The number of aliphatic hydroxyl groups is 1. The molecule has 0 aliphatic heterocycles. The molecule has 2 rings (SSSR count). The molecule has 2 fully saturated rings. The molecule has 2 nitrogen and oxygen atoms in total. The molecule has 0 bridgehead atoms. The Morgan fingerprint density at radius 1 is 1.06 bits per heavy atom. The molecule has 2 N–H and O–H groups in total. The number of aliphatic hydroxyl groups excluding tert-OH is 1. The first-order valence-electron chi connectivity index (χ1n) is 8.07. The van der Waals surface area contributed by atoms with E-state index in [0.29, 0.717) is 24.6 Å². The Balaban J connectivity index is 1.84. The Hall–Kier alpha value is -0.0800. The molecule has 2 aliphatic rings. The Kier molecular flexibility index (Phi) is 5.50. The van der Waals surface area contributed by atoms with E-state index < -0.39 is 0 Å². The Bertz CT molecular complexity index is 241. The molecule has 0 aromatic rings. The van der Waals surface area contributed by atoms with Crippen LogP contribution in [0.5, 0.6) is 0 Å². The lowest BCUT2D eigenvalue weighted by atomic mass is 9.78. The molecule has 106 valence electrons. The van der Waals surface area contributed by atoms with Crippen LogP contribution in [0, 0.1) is 17.8 Å². The van der Waals surface area contributed by atoms with E-state index in [1.54, 1.807) is 0 Å². The first kappa shape index (κ1) is 14.3. The van der Waals surface area contributed by atoms with Crippen molar-refractivity contribution < 1.29 is 5.11 Å². The van der Waals surface area contributed by atoms with Gasteiger partial charge < -0.3 is 10.4 Å². The van der Waals surface area contributed by atoms with Gasteiger partial charge in [0, 0.05) is 18.7 Å². The lowest BCUT2D eigenvalue weighted by molar-refractivity contribution is 0.130. The number of nitrogens with one attached hydrogen (secondary N) is 1. The maximum absolute atomic E-state index is 9.49. The number of hydrogen-bond donors (Lipinski definition) is 2.